The van der Waals surface area contributed by atoms with Crippen LogP contribution in [0.15, 0.2) is 51.7 Å². The van der Waals surface area contributed by atoms with Crippen LogP contribution in [-0.2, 0) is 11.3 Å². The van der Waals surface area contributed by atoms with Crippen LogP contribution in [0.5, 0.6) is 5.75 Å². The monoisotopic (exact) mass is 472 g/mol. The standard InChI is InChI=1S/C25H26ClFN2O4/c1-15-12-29(16(2)11-28(15)13-18-4-6-19(27)7-5-18)23(30)14-32-20-8-9-21-17(3)24(26)25(31)33-22(21)10-20/h4-10,15-16H,11-14H2,1-3H3/t15-,16+/m1/s1. The number of nitrogens with zero attached hydrogens (tertiary/aromatic N) is 2. The second-order valence-corrected chi connectivity index (χ2v) is 8.95. The first kappa shape index (κ1) is 23.3. The maximum absolute atomic E-state index is 13.2. The summed E-state index contributed by atoms with van der Waals surface area (Å²) in [6, 6.07) is 11.8. The predicted molar refractivity (Wildman–Crippen MR) is 125 cm³/mol. The van der Waals surface area contributed by atoms with Crippen molar-refractivity contribution in [2.24, 2.45) is 0 Å². The fourth-order valence-electron chi connectivity index (χ4n) is 4.22. The summed E-state index contributed by atoms with van der Waals surface area (Å²) in [7, 11) is 0. The molecule has 1 fully saturated rings. The molecule has 8 heteroatoms. The minimum absolute atomic E-state index is 0.0113. The summed E-state index contributed by atoms with van der Waals surface area (Å²) in [6.45, 7) is 7.73. The molecule has 0 N–H and O–H groups in total. The molecule has 6 nitrogen and oxygen atoms in total. The van der Waals surface area contributed by atoms with E-state index >= 15 is 0 Å². The Bertz CT molecular complexity index is 1230. The van der Waals surface area contributed by atoms with E-state index in [0.29, 0.717) is 36.5 Å². The van der Waals surface area contributed by atoms with Gasteiger partial charge in [-0.05, 0) is 56.2 Å². The number of amides is 1. The van der Waals surface area contributed by atoms with Gasteiger partial charge in [0.25, 0.3) is 5.91 Å². The van der Waals surface area contributed by atoms with E-state index in [9.17, 15) is 14.0 Å². The highest BCUT2D eigenvalue weighted by atomic mass is 35.5. The highest BCUT2D eigenvalue weighted by Crippen LogP contribution is 2.26. The first-order chi connectivity index (χ1) is 15.7. The molecule has 4 rings (SSSR count). The third-order valence-electron chi connectivity index (χ3n) is 6.16. The van der Waals surface area contributed by atoms with Crippen LogP contribution in [0.25, 0.3) is 11.0 Å². The maximum Gasteiger partial charge on any atom is 0.355 e. The lowest BCUT2D eigenvalue weighted by atomic mass is 10.1. The van der Waals surface area contributed by atoms with Gasteiger partial charge in [-0.2, -0.15) is 0 Å². The molecule has 0 saturated carbocycles. The minimum atomic E-state index is -0.601. The van der Waals surface area contributed by atoms with Gasteiger partial charge >= 0.3 is 5.63 Å². The first-order valence-corrected chi connectivity index (χ1v) is 11.2. The Balaban J connectivity index is 1.38. The third kappa shape index (κ3) is 5.04. The Labute approximate surface area is 196 Å². The molecule has 174 valence electrons. The first-order valence-electron chi connectivity index (χ1n) is 10.9. The summed E-state index contributed by atoms with van der Waals surface area (Å²) in [5, 5.41) is 0.783. The molecule has 0 unspecified atom stereocenters. The van der Waals surface area contributed by atoms with E-state index in [1.165, 1.54) is 12.1 Å². The van der Waals surface area contributed by atoms with E-state index in [0.717, 1.165) is 10.9 Å². The molecular formula is C25H26ClFN2O4. The van der Waals surface area contributed by atoms with Crippen molar-refractivity contribution in [3.05, 3.63) is 74.9 Å². The molecule has 2 atom stereocenters. The number of benzene rings is 2. The van der Waals surface area contributed by atoms with Crippen molar-refractivity contribution in [3.8, 4) is 5.75 Å². The zero-order valence-corrected chi connectivity index (χ0v) is 19.6. The molecule has 1 amide bonds. The molecule has 1 aliphatic heterocycles. The van der Waals surface area contributed by atoms with Gasteiger partial charge in [-0.1, -0.05) is 23.7 Å². The van der Waals surface area contributed by atoms with Crippen LogP contribution < -0.4 is 10.4 Å². The van der Waals surface area contributed by atoms with E-state index in [2.05, 4.69) is 11.8 Å². The zero-order valence-electron chi connectivity index (χ0n) is 18.8. The Morgan fingerprint density at radius 2 is 1.88 bits per heavy atom. The Morgan fingerprint density at radius 3 is 2.61 bits per heavy atom. The van der Waals surface area contributed by atoms with Crippen LogP contribution in [0.1, 0.15) is 25.0 Å². The maximum atomic E-state index is 13.2. The number of fused-ring (bicyclic) bond motifs is 1. The molecule has 0 spiro atoms. The van der Waals surface area contributed by atoms with Crippen molar-refractivity contribution in [2.45, 2.75) is 39.4 Å². The van der Waals surface area contributed by atoms with E-state index in [1.54, 1.807) is 37.3 Å². The third-order valence-corrected chi connectivity index (χ3v) is 6.60. The van der Waals surface area contributed by atoms with Gasteiger partial charge in [-0.3, -0.25) is 9.69 Å². The molecule has 1 aromatic heterocycles. The molecule has 0 aliphatic carbocycles. The molecule has 1 aliphatic rings. The summed E-state index contributed by atoms with van der Waals surface area (Å²) >= 11 is 5.97. The van der Waals surface area contributed by atoms with E-state index in [4.69, 9.17) is 20.8 Å². The average Bonchev–Trinajstić information content (AvgIpc) is 2.79. The normalized spacial score (nSPS) is 19.1. The van der Waals surface area contributed by atoms with Crippen molar-refractivity contribution in [1.29, 1.82) is 0 Å². The van der Waals surface area contributed by atoms with Crippen LogP contribution >= 0.6 is 11.6 Å². The van der Waals surface area contributed by atoms with Gasteiger partial charge in [0.15, 0.2) is 6.61 Å². The fraction of sp³-hybridized carbons (Fsp3) is 0.360. The van der Waals surface area contributed by atoms with E-state index in [-0.39, 0.29) is 35.4 Å². The number of rotatable bonds is 5. The van der Waals surface area contributed by atoms with Gasteiger partial charge < -0.3 is 14.1 Å². The predicted octanol–water partition coefficient (Wildman–Crippen LogP) is 4.39. The number of hydrogen-bond donors (Lipinski definition) is 0. The summed E-state index contributed by atoms with van der Waals surface area (Å²) in [5.41, 5.74) is 1.45. The largest absolute Gasteiger partial charge is 0.484 e. The molecule has 0 radical (unpaired) electrons. The topological polar surface area (TPSA) is 63.0 Å². The van der Waals surface area contributed by atoms with Gasteiger partial charge in [-0.15, -0.1) is 0 Å². The lowest BCUT2D eigenvalue weighted by Gasteiger charge is -2.44. The summed E-state index contributed by atoms with van der Waals surface area (Å²) < 4.78 is 24.1. The van der Waals surface area contributed by atoms with Gasteiger partial charge in [-0.25, -0.2) is 9.18 Å². The van der Waals surface area contributed by atoms with Crippen LogP contribution in [0.2, 0.25) is 5.02 Å². The Kier molecular flexibility index (Phi) is 6.72. The SMILES string of the molecule is Cc1c(Cl)c(=O)oc2cc(OCC(=O)N3C[C@@H](C)N(Cc4ccc(F)cc4)C[C@@H]3C)ccc12. The van der Waals surface area contributed by atoms with Crippen LogP contribution in [0.3, 0.4) is 0 Å². The second-order valence-electron chi connectivity index (χ2n) is 8.58. The highest BCUT2D eigenvalue weighted by Gasteiger charge is 2.32. The lowest BCUT2D eigenvalue weighted by molar-refractivity contribution is -0.139. The number of ether oxygens (including phenoxy) is 1. The summed E-state index contributed by atoms with van der Waals surface area (Å²) in [5.74, 6) is 0.0871. The van der Waals surface area contributed by atoms with Crippen molar-refractivity contribution in [2.75, 3.05) is 19.7 Å². The number of carbonyl (C=O) groups excluding carboxylic acids is 1. The molecule has 2 heterocycles. The molecular weight excluding hydrogens is 447 g/mol. The summed E-state index contributed by atoms with van der Waals surface area (Å²) in [6.07, 6.45) is 0. The molecule has 0 bridgehead atoms. The van der Waals surface area contributed by atoms with Gasteiger partial charge in [0.05, 0.1) is 0 Å². The van der Waals surface area contributed by atoms with E-state index in [1.807, 2.05) is 11.8 Å². The van der Waals surface area contributed by atoms with Crippen molar-refractivity contribution >= 4 is 28.5 Å². The Morgan fingerprint density at radius 1 is 1.15 bits per heavy atom. The smallest absolute Gasteiger partial charge is 0.355 e. The molecule has 33 heavy (non-hydrogen) atoms. The van der Waals surface area contributed by atoms with Gasteiger partial charge in [0.1, 0.15) is 22.2 Å². The minimum Gasteiger partial charge on any atom is -0.484 e. The number of carbonyl (C=O) groups is 1. The molecule has 2 aromatic carbocycles. The molecule has 3 aromatic rings. The van der Waals surface area contributed by atoms with Crippen molar-refractivity contribution in [3.63, 3.8) is 0 Å². The van der Waals surface area contributed by atoms with Crippen LogP contribution in [0.4, 0.5) is 4.39 Å². The quantitative estimate of drug-likeness (QED) is 0.515. The average molecular weight is 473 g/mol. The lowest BCUT2D eigenvalue weighted by Crippen LogP contribution is -2.58. The number of piperazine rings is 1. The zero-order chi connectivity index (χ0) is 23.7. The fourth-order valence-corrected chi connectivity index (χ4v) is 4.36. The number of aryl methyl sites for hydroxylation is 1. The van der Waals surface area contributed by atoms with Crippen molar-refractivity contribution in [1.82, 2.24) is 9.80 Å². The molecule has 1 saturated heterocycles. The van der Waals surface area contributed by atoms with Crippen LogP contribution in [-0.4, -0.2) is 47.5 Å². The highest BCUT2D eigenvalue weighted by molar-refractivity contribution is 6.31. The second kappa shape index (κ2) is 9.53. The van der Waals surface area contributed by atoms with E-state index < -0.39 is 5.63 Å². The van der Waals surface area contributed by atoms with Gasteiger partial charge in [0, 0.05) is 43.2 Å². The number of hydrogen-bond acceptors (Lipinski definition) is 5. The number of halogens is 2. The summed E-state index contributed by atoms with van der Waals surface area (Å²) in [4.78, 5) is 28.9. The van der Waals surface area contributed by atoms with Crippen molar-refractivity contribution < 1.29 is 18.3 Å². The Hall–Kier alpha value is -2.90. The van der Waals surface area contributed by atoms with Gasteiger partial charge in [0.2, 0.25) is 0 Å². The van der Waals surface area contributed by atoms with Crippen LogP contribution in [0, 0.1) is 12.7 Å².